The zero-order valence-electron chi connectivity index (χ0n) is 13.9. The van der Waals surface area contributed by atoms with Crippen LogP contribution in [-0.4, -0.2) is 64.5 Å². The summed E-state index contributed by atoms with van der Waals surface area (Å²) in [6.07, 6.45) is 3.05. The van der Waals surface area contributed by atoms with Crippen LogP contribution in [0.2, 0.25) is 0 Å². The van der Waals surface area contributed by atoms with Crippen LogP contribution in [0.25, 0.3) is 0 Å². The normalized spacial score (nSPS) is 18.0. The van der Waals surface area contributed by atoms with E-state index < -0.39 is 0 Å². The van der Waals surface area contributed by atoms with Crippen LogP contribution in [0.4, 0.5) is 0 Å². The Hall–Kier alpha value is -2.38. The first kappa shape index (κ1) is 16.5. The Morgan fingerprint density at radius 1 is 1.29 bits per heavy atom. The summed E-state index contributed by atoms with van der Waals surface area (Å²) in [5, 5.41) is 0. The average molecular weight is 327 g/mol. The Labute approximate surface area is 141 Å². The minimum Gasteiger partial charge on any atom is -0.367 e. The highest BCUT2D eigenvalue weighted by molar-refractivity contribution is 5.92. The number of carbonyl (C=O) groups is 1. The molecular weight excluding hydrogens is 306 g/mol. The molecule has 1 fully saturated rings. The van der Waals surface area contributed by atoms with E-state index >= 15 is 0 Å². The molecule has 7 nitrogen and oxygen atoms in total. The fourth-order valence-electron chi connectivity index (χ4n) is 2.62. The number of carbonyl (C=O) groups excluding carboxylic acids is 1. The lowest BCUT2D eigenvalue weighted by molar-refractivity contribution is -0.0271. The predicted molar refractivity (Wildman–Crippen MR) is 88.3 cm³/mol. The summed E-state index contributed by atoms with van der Waals surface area (Å²) in [6.45, 7) is 2.17. The van der Waals surface area contributed by atoms with E-state index in [1.54, 1.807) is 29.4 Å². The molecule has 1 saturated heterocycles. The minimum absolute atomic E-state index is 0.0895. The summed E-state index contributed by atoms with van der Waals surface area (Å²) in [6, 6.07) is 7.22. The van der Waals surface area contributed by atoms with Gasteiger partial charge in [-0.15, -0.1) is 0 Å². The number of morpholine rings is 1. The van der Waals surface area contributed by atoms with Crippen LogP contribution in [0.3, 0.4) is 0 Å². The number of hydrogen-bond donors (Lipinski definition) is 0. The number of nitrogens with zero attached hydrogens (tertiary/aromatic N) is 5. The van der Waals surface area contributed by atoms with Crippen molar-refractivity contribution in [1.82, 2.24) is 24.8 Å². The van der Waals surface area contributed by atoms with Crippen molar-refractivity contribution >= 4 is 5.91 Å². The van der Waals surface area contributed by atoms with Gasteiger partial charge in [0.1, 0.15) is 11.8 Å². The summed E-state index contributed by atoms with van der Waals surface area (Å²) in [5.41, 5.74) is 1.38. The average Bonchev–Trinajstić information content (AvgIpc) is 2.62. The van der Waals surface area contributed by atoms with Gasteiger partial charge in [0.15, 0.2) is 5.82 Å². The van der Waals surface area contributed by atoms with Crippen molar-refractivity contribution in [2.45, 2.75) is 12.6 Å². The molecule has 0 saturated carbocycles. The van der Waals surface area contributed by atoms with E-state index in [0.29, 0.717) is 31.2 Å². The largest absolute Gasteiger partial charge is 0.367 e. The molecule has 126 valence electrons. The third-order valence-corrected chi connectivity index (χ3v) is 3.74. The molecule has 1 atom stereocenters. The van der Waals surface area contributed by atoms with Crippen LogP contribution in [0.1, 0.15) is 28.1 Å². The van der Waals surface area contributed by atoms with E-state index in [1.165, 1.54) is 0 Å². The van der Waals surface area contributed by atoms with Crippen LogP contribution < -0.4 is 0 Å². The van der Waals surface area contributed by atoms with Crippen LogP contribution in [0.15, 0.2) is 36.7 Å². The Bertz CT molecular complexity index is 692. The van der Waals surface area contributed by atoms with Crippen molar-refractivity contribution in [3.8, 4) is 0 Å². The maximum absolute atomic E-state index is 12.5. The number of ether oxygens (including phenoxy) is 1. The van der Waals surface area contributed by atoms with Gasteiger partial charge in [0.2, 0.25) is 0 Å². The SMILES string of the molecule is CN(C)Cc1ccnc([C@@H]2CN(C(=O)c3ccccn3)CCO2)n1. The molecule has 1 aliphatic heterocycles. The fraction of sp³-hybridized carbons (Fsp3) is 0.412. The van der Waals surface area contributed by atoms with Gasteiger partial charge in [-0.05, 0) is 32.3 Å². The van der Waals surface area contributed by atoms with E-state index in [-0.39, 0.29) is 12.0 Å². The first-order valence-corrected chi connectivity index (χ1v) is 7.92. The molecule has 0 unspecified atom stereocenters. The fourth-order valence-corrected chi connectivity index (χ4v) is 2.62. The second-order valence-corrected chi connectivity index (χ2v) is 5.97. The zero-order valence-corrected chi connectivity index (χ0v) is 13.9. The highest BCUT2D eigenvalue weighted by Crippen LogP contribution is 2.20. The number of amides is 1. The van der Waals surface area contributed by atoms with Gasteiger partial charge >= 0.3 is 0 Å². The lowest BCUT2D eigenvalue weighted by Crippen LogP contribution is -2.43. The van der Waals surface area contributed by atoms with Gasteiger partial charge in [0, 0.05) is 25.5 Å². The van der Waals surface area contributed by atoms with Gasteiger partial charge in [0.25, 0.3) is 5.91 Å². The maximum atomic E-state index is 12.5. The van der Waals surface area contributed by atoms with Crippen molar-refractivity contribution in [2.75, 3.05) is 33.8 Å². The lowest BCUT2D eigenvalue weighted by Gasteiger charge is -2.32. The van der Waals surface area contributed by atoms with E-state index in [0.717, 1.165) is 12.2 Å². The van der Waals surface area contributed by atoms with Crippen molar-refractivity contribution in [1.29, 1.82) is 0 Å². The number of pyridine rings is 1. The lowest BCUT2D eigenvalue weighted by atomic mass is 10.2. The molecule has 1 amide bonds. The van der Waals surface area contributed by atoms with Crippen molar-refractivity contribution < 1.29 is 9.53 Å². The van der Waals surface area contributed by atoms with E-state index in [9.17, 15) is 4.79 Å². The van der Waals surface area contributed by atoms with Crippen molar-refractivity contribution in [2.24, 2.45) is 0 Å². The summed E-state index contributed by atoms with van der Waals surface area (Å²) >= 11 is 0. The van der Waals surface area contributed by atoms with Crippen LogP contribution in [-0.2, 0) is 11.3 Å². The summed E-state index contributed by atoms with van der Waals surface area (Å²) in [4.78, 5) is 29.4. The number of hydrogen-bond acceptors (Lipinski definition) is 6. The van der Waals surface area contributed by atoms with Crippen LogP contribution in [0.5, 0.6) is 0 Å². The van der Waals surface area contributed by atoms with Gasteiger partial charge in [-0.2, -0.15) is 0 Å². The molecule has 0 radical (unpaired) electrons. The Morgan fingerprint density at radius 3 is 2.92 bits per heavy atom. The quantitative estimate of drug-likeness (QED) is 0.839. The molecule has 0 aliphatic carbocycles. The van der Waals surface area contributed by atoms with Gasteiger partial charge in [-0.3, -0.25) is 9.78 Å². The summed E-state index contributed by atoms with van der Waals surface area (Å²) in [5.74, 6) is 0.529. The summed E-state index contributed by atoms with van der Waals surface area (Å²) in [7, 11) is 3.98. The van der Waals surface area contributed by atoms with Crippen LogP contribution in [0, 0.1) is 0 Å². The monoisotopic (exact) mass is 327 g/mol. The molecule has 3 rings (SSSR count). The molecule has 2 aromatic heterocycles. The Balaban J connectivity index is 1.73. The van der Waals surface area contributed by atoms with E-state index in [1.807, 2.05) is 31.1 Å². The summed E-state index contributed by atoms with van der Waals surface area (Å²) < 4.78 is 5.79. The first-order valence-electron chi connectivity index (χ1n) is 7.92. The van der Waals surface area contributed by atoms with Gasteiger partial charge in [0.05, 0.1) is 18.8 Å². The number of rotatable bonds is 4. The molecule has 7 heteroatoms. The molecule has 0 spiro atoms. The Kier molecular flexibility index (Phi) is 5.12. The zero-order chi connectivity index (χ0) is 16.9. The van der Waals surface area contributed by atoms with E-state index in [2.05, 4.69) is 15.0 Å². The van der Waals surface area contributed by atoms with Gasteiger partial charge < -0.3 is 14.5 Å². The van der Waals surface area contributed by atoms with Crippen molar-refractivity contribution in [3.05, 3.63) is 53.9 Å². The van der Waals surface area contributed by atoms with Gasteiger partial charge in [-0.25, -0.2) is 9.97 Å². The van der Waals surface area contributed by atoms with Gasteiger partial charge in [-0.1, -0.05) is 6.07 Å². The second-order valence-electron chi connectivity index (χ2n) is 5.97. The molecule has 0 bridgehead atoms. The molecule has 0 N–H and O–H groups in total. The Morgan fingerprint density at radius 2 is 2.17 bits per heavy atom. The third kappa shape index (κ3) is 3.93. The molecule has 24 heavy (non-hydrogen) atoms. The standard InChI is InChI=1S/C17H21N5O2/c1-21(2)11-13-6-8-19-16(20-13)15-12-22(9-10-24-15)17(23)14-5-3-4-7-18-14/h3-8,15H,9-12H2,1-2H3/t15-/m0/s1. The number of aromatic nitrogens is 3. The third-order valence-electron chi connectivity index (χ3n) is 3.74. The molecule has 3 heterocycles. The van der Waals surface area contributed by atoms with Crippen LogP contribution >= 0.6 is 0 Å². The molecule has 2 aromatic rings. The molecule has 0 aromatic carbocycles. The minimum atomic E-state index is -0.312. The highest BCUT2D eigenvalue weighted by atomic mass is 16.5. The highest BCUT2D eigenvalue weighted by Gasteiger charge is 2.28. The maximum Gasteiger partial charge on any atom is 0.272 e. The topological polar surface area (TPSA) is 71.5 Å². The first-order chi connectivity index (χ1) is 11.6. The predicted octanol–water partition coefficient (Wildman–Crippen LogP) is 1.15. The molecular formula is C17H21N5O2. The second kappa shape index (κ2) is 7.46. The smallest absolute Gasteiger partial charge is 0.272 e. The van der Waals surface area contributed by atoms with Crippen molar-refractivity contribution in [3.63, 3.8) is 0 Å². The van der Waals surface area contributed by atoms with E-state index in [4.69, 9.17) is 4.74 Å². The molecule has 1 aliphatic rings.